The van der Waals surface area contributed by atoms with Crippen molar-refractivity contribution in [1.29, 1.82) is 0 Å². The van der Waals surface area contributed by atoms with E-state index in [1.165, 1.54) is 12.8 Å². The highest BCUT2D eigenvalue weighted by molar-refractivity contribution is 5.92. The van der Waals surface area contributed by atoms with Crippen molar-refractivity contribution in [2.24, 2.45) is 0 Å². The van der Waals surface area contributed by atoms with E-state index < -0.39 is 11.9 Å². The molecule has 6 nitrogen and oxygen atoms in total. The van der Waals surface area contributed by atoms with Crippen LogP contribution in [0.2, 0.25) is 0 Å². The molecule has 32 heavy (non-hydrogen) atoms. The Morgan fingerprint density at radius 3 is 2.03 bits per heavy atom. The first-order chi connectivity index (χ1) is 15.5. The molecule has 3 rings (SSSR count). The molecule has 1 saturated carbocycles. The van der Waals surface area contributed by atoms with E-state index in [1.54, 1.807) is 48.5 Å². The molecule has 0 atom stereocenters. The molecule has 0 radical (unpaired) electrons. The summed E-state index contributed by atoms with van der Waals surface area (Å²) in [6, 6.07) is 13.1. The molecular weight excluding hydrogens is 408 g/mol. The van der Waals surface area contributed by atoms with Crippen molar-refractivity contribution in [3.8, 4) is 11.5 Å². The van der Waals surface area contributed by atoms with Gasteiger partial charge in [-0.2, -0.15) is 0 Å². The molecule has 0 spiro atoms. The first-order valence-corrected chi connectivity index (χ1v) is 11.3. The molecule has 1 aliphatic rings. The molecule has 0 N–H and O–H groups in total. The lowest BCUT2D eigenvalue weighted by Gasteiger charge is -2.21. The Kier molecular flexibility index (Phi) is 8.84. The average Bonchev–Trinajstić information content (AvgIpc) is 2.81. The highest BCUT2D eigenvalue weighted by Gasteiger charge is 2.22. The van der Waals surface area contributed by atoms with Crippen LogP contribution >= 0.6 is 0 Å². The second-order valence-electron chi connectivity index (χ2n) is 7.99. The summed E-state index contributed by atoms with van der Waals surface area (Å²) in [6.45, 7) is 2.83. The van der Waals surface area contributed by atoms with Gasteiger partial charge in [0.2, 0.25) is 0 Å². The zero-order valence-corrected chi connectivity index (χ0v) is 18.5. The molecular formula is C26H30O6. The van der Waals surface area contributed by atoms with Gasteiger partial charge >= 0.3 is 11.9 Å². The number of ether oxygens (including phenoxy) is 3. The van der Waals surface area contributed by atoms with Crippen LogP contribution in [0.5, 0.6) is 11.5 Å². The lowest BCUT2D eigenvalue weighted by Crippen LogP contribution is -2.24. The fourth-order valence-corrected chi connectivity index (χ4v) is 3.48. The smallest absolute Gasteiger partial charge is 0.343 e. The van der Waals surface area contributed by atoms with Gasteiger partial charge < -0.3 is 14.2 Å². The highest BCUT2D eigenvalue weighted by Crippen LogP contribution is 2.21. The van der Waals surface area contributed by atoms with Crippen LogP contribution in [0.1, 0.15) is 79.0 Å². The Labute approximate surface area is 188 Å². The molecule has 6 heteroatoms. The quantitative estimate of drug-likeness (QED) is 0.276. The third-order valence-electron chi connectivity index (χ3n) is 5.42. The van der Waals surface area contributed by atoms with Gasteiger partial charge in [0.25, 0.3) is 0 Å². The average molecular weight is 439 g/mol. The maximum absolute atomic E-state index is 12.4. The van der Waals surface area contributed by atoms with Crippen molar-refractivity contribution in [1.82, 2.24) is 0 Å². The Morgan fingerprint density at radius 2 is 1.41 bits per heavy atom. The molecule has 0 saturated heterocycles. The van der Waals surface area contributed by atoms with Gasteiger partial charge in [-0.05, 0) is 67.8 Å². The van der Waals surface area contributed by atoms with Crippen molar-refractivity contribution in [3.63, 3.8) is 0 Å². The molecule has 2 aromatic rings. The van der Waals surface area contributed by atoms with Gasteiger partial charge in [-0.3, -0.25) is 4.79 Å². The number of Topliss-reactive ketones (excluding diaryl/α,β-unsaturated/α-hetero) is 1. The number of ketones is 1. The third-order valence-corrected chi connectivity index (χ3v) is 5.42. The minimum absolute atomic E-state index is 0.216. The minimum Gasteiger partial charge on any atom is -0.494 e. The number of hydrogen-bond acceptors (Lipinski definition) is 6. The summed E-state index contributed by atoms with van der Waals surface area (Å²) in [4.78, 5) is 36.0. The first-order valence-electron chi connectivity index (χ1n) is 11.3. The fourth-order valence-electron chi connectivity index (χ4n) is 3.48. The standard InChI is InChI=1S/C26H30O6/c1-2-3-4-5-18-30-22-12-6-19(7-13-22)25(28)31-23-14-8-20(9-15-23)26(29)32-24-16-10-21(27)11-17-24/h6-9,12-15,24H,2-5,10-11,16-18H2,1H3. The van der Waals surface area contributed by atoms with E-state index >= 15 is 0 Å². The SMILES string of the molecule is CCCCCCOc1ccc(C(=O)Oc2ccc(C(=O)OC3CCC(=O)CC3)cc2)cc1. The Bertz CT molecular complexity index is 891. The van der Waals surface area contributed by atoms with Gasteiger partial charge in [0.05, 0.1) is 17.7 Å². The normalized spacial score (nSPS) is 14.1. The van der Waals surface area contributed by atoms with Gasteiger partial charge in [0, 0.05) is 12.8 Å². The zero-order valence-electron chi connectivity index (χ0n) is 18.5. The van der Waals surface area contributed by atoms with E-state index in [-0.39, 0.29) is 11.9 Å². The Hall–Kier alpha value is -3.15. The van der Waals surface area contributed by atoms with Crippen molar-refractivity contribution in [2.45, 2.75) is 64.4 Å². The molecule has 0 aromatic heterocycles. The number of carbonyl (C=O) groups excluding carboxylic acids is 3. The summed E-state index contributed by atoms with van der Waals surface area (Å²) >= 11 is 0. The molecule has 0 amide bonds. The minimum atomic E-state index is -0.485. The molecule has 1 fully saturated rings. The van der Waals surface area contributed by atoms with E-state index in [4.69, 9.17) is 14.2 Å². The second kappa shape index (κ2) is 12.0. The van der Waals surface area contributed by atoms with Gasteiger partial charge in [-0.1, -0.05) is 26.2 Å². The second-order valence-corrected chi connectivity index (χ2v) is 7.99. The number of esters is 2. The van der Waals surface area contributed by atoms with E-state index in [0.717, 1.165) is 18.6 Å². The van der Waals surface area contributed by atoms with Crippen molar-refractivity contribution in [3.05, 3.63) is 59.7 Å². The zero-order chi connectivity index (χ0) is 22.8. The van der Waals surface area contributed by atoms with Crippen molar-refractivity contribution >= 4 is 17.7 Å². The number of rotatable bonds is 10. The fraction of sp³-hybridized carbons (Fsp3) is 0.423. The lowest BCUT2D eigenvalue weighted by atomic mass is 9.96. The van der Waals surface area contributed by atoms with Gasteiger partial charge in [0.1, 0.15) is 23.4 Å². The Balaban J connectivity index is 1.46. The molecule has 2 aromatic carbocycles. The predicted octanol–water partition coefficient (Wildman–Crippen LogP) is 5.53. The molecule has 1 aliphatic carbocycles. The van der Waals surface area contributed by atoms with Gasteiger partial charge in [0.15, 0.2) is 0 Å². The molecule has 0 bridgehead atoms. The number of carbonyl (C=O) groups is 3. The first kappa shape index (κ1) is 23.5. The maximum Gasteiger partial charge on any atom is 0.343 e. The third kappa shape index (κ3) is 7.22. The summed E-state index contributed by atoms with van der Waals surface area (Å²) in [5.74, 6) is 0.358. The maximum atomic E-state index is 12.4. The van der Waals surface area contributed by atoms with Crippen LogP contribution in [0.15, 0.2) is 48.5 Å². The predicted molar refractivity (Wildman–Crippen MR) is 120 cm³/mol. The summed E-state index contributed by atoms with van der Waals surface area (Å²) < 4.78 is 16.5. The van der Waals surface area contributed by atoms with Crippen LogP contribution in [0.25, 0.3) is 0 Å². The summed E-state index contributed by atoms with van der Waals surface area (Å²) in [5.41, 5.74) is 0.792. The van der Waals surface area contributed by atoms with Crippen LogP contribution in [-0.4, -0.2) is 30.4 Å². The van der Waals surface area contributed by atoms with E-state index in [2.05, 4.69) is 6.92 Å². The highest BCUT2D eigenvalue weighted by atomic mass is 16.5. The van der Waals surface area contributed by atoms with Crippen molar-refractivity contribution < 1.29 is 28.6 Å². The number of benzene rings is 2. The van der Waals surface area contributed by atoms with Gasteiger partial charge in [-0.25, -0.2) is 9.59 Å². The molecule has 0 heterocycles. The number of unbranched alkanes of at least 4 members (excludes halogenated alkanes) is 3. The molecule has 0 unspecified atom stereocenters. The largest absolute Gasteiger partial charge is 0.494 e. The topological polar surface area (TPSA) is 78.9 Å². The lowest BCUT2D eigenvalue weighted by molar-refractivity contribution is -0.122. The Morgan fingerprint density at radius 1 is 0.812 bits per heavy atom. The summed E-state index contributed by atoms with van der Waals surface area (Å²) in [7, 11) is 0. The van der Waals surface area contributed by atoms with E-state index in [1.807, 2.05) is 0 Å². The summed E-state index contributed by atoms with van der Waals surface area (Å²) in [5, 5.41) is 0. The molecule has 170 valence electrons. The van der Waals surface area contributed by atoms with Crippen LogP contribution in [0.3, 0.4) is 0 Å². The van der Waals surface area contributed by atoms with Crippen LogP contribution in [-0.2, 0) is 9.53 Å². The van der Waals surface area contributed by atoms with E-state index in [9.17, 15) is 14.4 Å². The van der Waals surface area contributed by atoms with Gasteiger partial charge in [-0.15, -0.1) is 0 Å². The monoisotopic (exact) mass is 438 g/mol. The molecule has 0 aliphatic heterocycles. The number of hydrogen-bond donors (Lipinski definition) is 0. The van der Waals surface area contributed by atoms with Crippen LogP contribution in [0, 0.1) is 0 Å². The van der Waals surface area contributed by atoms with Crippen LogP contribution < -0.4 is 9.47 Å². The van der Waals surface area contributed by atoms with Crippen LogP contribution in [0.4, 0.5) is 0 Å². The van der Waals surface area contributed by atoms with Crippen molar-refractivity contribution in [2.75, 3.05) is 6.61 Å². The van der Waals surface area contributed by atoms with E-state index in [0.29, 0.717) is 49.2 Å². The summed E-state index contributed by atoms with van der Waals surface area (Å²) in [6.07, 6.45) is 6.40.